The first-order valence-electron chi connectivity index (χ1n) is 12.3. The van der Waals surface area contributed by atoms with Crippen LogP contribution in [0.25, 0.3) is 0 Å². The Kier molecular flexibility index (Phi) is 10.8. The first kappa shape index (κ1) is 30.4. The third-order valence-corrected chi connectivity index (χ3v) is 6.92. The topological polar surface area (TPSA) is 96.0 Å². The van der Waals surface area contributed by atoms with Gasteiger partial charge in [-0.05, 0) is 83.0 Å². The first-order chi connectivity index (χ1) is 17.2. The van der Waals surface area contributed by atoms with Gasteiger partial charge in [-0.1, -0.05) is 23.7 Å². The Hall–Kier alpha value is -2.78. The third kappa shape index (κ3) is 9.89. The van der Waals surface area contributed by atoms with Gasteiger partial charge in [0.15, 0.2) is 0 Å². The average molecular weight is 552 g/mol. The van der Waals surface area contributed by atoms with Crippen LogP contribution in [0, 0.1) is 0 Å². The highest BCUT2D eigenvalue weighted by molar-refractivity contribution is 7.92. The van der Waals surface area contributed by atoms with Crippen LogP contribution in [0.5, 0.6) is 5.75 Å². The molecule has 2 amide bonds. The molecule has 0 saturated heterocycles. The summed E-state index contributed by atoms with van der Waals surface area (Å²) < 4.78 is 31.7. The molecule has 2 rings (SSSR count). The van der Waals surface area contributed by atoms with Crippen molar-refractivity contribution in [1.82, 2.24) is 10.2 Å². The SMILES string of the molecule is CCOc1ccc(N(CCCC(=O)N(Cc2cccc(Cl)c2)[C@@H](C)C(=O)NC(C)(C)C)S(C)(=O)=O)cc1. The number of amides is 2. The molecule has 37 heavy (non-hydrogen) atoms. The molecule has 2 aromatic carbocycles. The normalized spacial score (nSPS) is 12.5. The van der Waals surface area contributed by atoms with Crippen molar-refractivity contribution in [3.05, 3.63) is 59.1 Å². The van der Waals surface area contributed by atoms with E-state index in [4.69, 9.17) is 16.3 Å². The van der Waals surface area contributed by atoms with E-state index in [1.54, 1.807) is 49.4 Å². The maximum absolute atomic E-state index is 13.4. The number of nitrogens with zero attached hydrogens (tertiary/aromatic N) is 2. The lowest BCUT2D eigenvalue weighted by atomic mass is 10.1. The summed E-state index contributed by atoms with van der Waals surface area (Å²) in [7, 11) is -3.58. The van der Waals surface area contributed by atoms with Gasteiger partial charge in [-0.2, -0.15) is 0 Å². The lowest BCUT2D eigenvalue weighted by Crippen LogP contribution is -2.52. The molecule has 1 atom stereocenters. The zero-order valence-electron chi connectivity index (χ0n) is 22.5. The molecule has 0 aliphatic carbocycles. The van der Waals surface area contributed by atoms with Crippen molar-refractivity contribution in [2.75, 3.05) is 23.7 Å². The molecule has 0 bridgehead atoms. The summed E-state index contributed by atoms with van der Waals surface area (Å²) >= 11 is 6.13. The number of hydrogen-bond donors (Lipinski definition) is 1. The van der Waals surface area contributed by atoms with Crippen molar-refractivity contribution in [3.63, 3.8) is 0 Å². The van der Waals surface area contributed by atoms with Gasteiger partial charge in [0.25, 0.3) is 0 Å². The number of halogens is 1. The summed E-state index contributed by atoms with van der Waals surface area (Å²) in [6.45, 7) is 10.0. The largest absolute Gasteiger partial charge is 0.494 e. The molecule has 8 nitrogen and oxygen atoms in total. The van der Waals surface area contributed by atoms with E-state index in [1.165, 1.54) is 9.21 Å². The summed E-state index contributed by atoms with van der Waals surface area (Å²) in [5, 5.41) is 3.46. The molecule has 0 aromatic heterocycles. The van der Waals surface area contributed by atoms with Crippen LogP contribution in [-0.2, 0) is 26.2 Å². The second-order valence-corrected chi connectivity index (χ2v) is 12.3. The maximum atomic E-state index is 13.4. The highest BCUT2D eigenvalue weighted by atomic mass is 35.5. The zero-order valence-corrected chi connectivity index (χ0v) is 24.0. The van der Waals surface area contributed by atoms with Crippen molar-refractivity contribution in [2.24, 2.45) is 0 Å². The molecule has 0 spiro atoms. The van der Waals surface area contributed by atoms with Gasteiger partial charge >= 0.3 is 0 Å². The molecule has 0 fully saturated rings. The lowest BCUT2D eigenvalue weighted by molar-refractivity contribution is -0.141. The number of hydrogen-bond acceptors (Lipinski definition) is 5. The van der Waals surface area contributed by atoms with Crippen LogP contribution >= 0.6 is 11.6 Å². The predicted octanol–water partition coefficient (Wildman–Crippen LogP) is 4.62. The zero-order chi connectivity index (χ0) is 27.8. The second kappa shape index (κ2) is 13.1. The minimum Gasteiger partial charge on any atom is -0.494 e. The van der Waals surface area contributed by atoms with Crippen LogP contribution in [0.4, 0.5) is 5.69 Å². The number of ether oxygens (including phenoxy) is 1. The monoisotopic (exact) mass is 551 g/mol. The number of anilines is 1. The smallest absolute Gasteiger partial charge is 0.242 e. The van der Waals surface area contributed by atoms with Crippen LogP contribution in [0.15, 0.2) is 48.5 Å². The summed E-state index contributed by atoms with van der Waals surface area (Å²) in [5.41, 5.74) is 0.833. The second-order valence-electron chi connectivity index (χ2n) is 9.93. The summed E-state index contributed by atoms with van der Waals surface area (Å²) in [5.74, 6) is 0.126. The number of rotatable bonds is 12. The Labute approximate surface area is 226 Å². The van der Waals surface area contributed by atoms with Crippen LogP contribution < -0.4 is 14.4 Å². The lowest BCUT2D eigenvalue weighted by Gasteiger charge is -2.32. The maximum Gasteiger partial charge on any atom is 0.242 e. The molecule has 204 valence electrons. The van der Waals surface area contributed by atoms with Gasteiger partial charge in [0.1, 0.15) is 11.8 Å². The van der Waals surface area contributed by atoms with E-state index in [9.17, 15) is 18.0 Å². The van der Waals surface area contributed by atoms with Crippen molar-refractivity contribution in [1.29, 1.82) is 0 Å². The molecule has 1 N–H and O–H groups in total. The number of nitrogens with one attached hydrogen (secondary N) is 1. The minimum absolute atomic E-state index is 0.0662. The predicted molar refractivity (Wildman–Crippen MR) is 148 cm³/mol. The Balaban J connectivity index is 2.18. The number of carbonyl (C=O) groups is 2. The quantitative estimate of drug-likeness (QED) is 0.415. The first-order valence-corrected chi connectivity index (χ1v) is 14.5. The number of carbonyl (C=O) groups excluding carboxylic acids is 2. The van der Waals surface area contributed by atoms with Gasteiger partial charge in [-0.25, -0.2) is 8.42 Å². The van der Waals surface area contributed by atoms with Gasteiger partial charge in [0.2, 0.25) is 21.8 Å². The van der Waals surface area contributed by atoms with E-state index in [-0.39, 0.29) is 37.7 Å². The van der Waals surface area contributed by atoms with Crippen LogP contribution in [0.2, 0.25) is 5.02 Å². The molecule has 2 aromatic rings. The van der Waals surface area contributed by atoms with Gasteiger partial charge in [0, 0.05) is 30.1 Å². The molecule has 0 saturated carbocycles. The fourth-order valence-corrected chi connectivity index (χ4v) is 4.95. The Morgan fingerprint density at radius 2 is 1.76 bits per heavy atom. The Bertz CT molecular complexity index is 1160. The molecule has 0 aliphatic rings. The fourth-order valence-electron chi connectivity index (χ4n) is 3.77. The van der Waals surface area contributed by atoms with E-state index in [0.29, 0.717) is 23.1 Å². The van der Waals surface area contributed by atoms with Crippen molar-refractivity contribution < 1.29 is 22.7 Å². The van der Waals surface area contributed by atoms with Gasteiger partial charge < -0.3 is 15.0 Å². The Morgan fingerprint density at radius 3 is 2.30 bits per heavy atom. The van der Waals surface area contributed by atoms with Gasteiger partial charge in [-0.3, -0.25) is 13.9 Å². The summed E-state index contributed by atoms with van der Waals surface area (Å²) in [4.78, 5) is 27.8. The van der Waals surface area contributed by atoms with Crippen molar-refractivity contribution in [3.8, 4) is 5.75 Å². The van der Waals surface area contributed by atoms with Crippen LogP contribution in [0.3, 0.4) is 0 Å². The summed E-state index contributed by atoms with van der Waals surface area (Å²) in [6, 6.07) is 13.2. The van der Waals surface area contributed by atoms with E-state index < -0.39 is 21.6 Å². The van der Waals surface area contributed by atoms with E-state index >= 15 is 0 Å². The molecule has 10 heteroatoms. The molecule has 0 unspecified atom stereocenters. The van der Waals surface area contributed by atoms with Gasteiger partial charge in [0.05, 0.1) is 18.6 Å². The number of benzene rings is 2. The molecular formula is C27H38ClN3O5S. The molecular weight excluding hydrogens is 514 g/mol. The highest BCUT2D eigenvalue weighted by Gasteiger charge is 2.28. The minimum atomic E-state index is -3.58. The molecule has 0 heterocycles. The Morgan fingerprint density at radius 1 is 1.11 bits per heavy atom. The van der Waals surface area contributed by atoms with Gasteiger partial charge in [-0.15, -0.1) is 0 Å². The number of sulfonamides is 1. The average Bonchev–Trinajstić information content (AvgIpc) is 2.79. The van der Waals surface area contributed by atoms with Crippen LogP contribution in [0.1, 0.15) is 53.0 Å². The third-order valence-electron chi connectivity index (χ3n) is 5.50. The van der Waals surface area contributed by atoms with E-state index in [0.717, 1.165) is 11.8 Å². The standard InChI is InChI=1S/C27H38ClN3O5S/c1-7-36-24-15-13-23(14-16-24)31(37(6,34)35)17-9-12-25(32)30(19-21-10-8-11-22(28)18-21)20(2)26(33)29-27(3,4)5/h8,10-11,13-16,18,20H,7,9,12,17,19H2,1-6H3,(H,29,33)/t20-/m0/s1. The van der Waals surface area contributed by atoms with E-state index in [2.05, 4.69) is 5.32 Å². The van der Waals surface area contributed by atoms with Crippen molar-refractivity contribution >= 4 is 39.1 Å². The van der Waals surface area contributed by atoms with E-state index in [1.807, 2.05) is 33.8 Å². The molecule has 0 aliphatic heterocycles. The van der Waals surface area contributed by atoms with Crippen LogP contribution in [-0.4, -0.2) is 56.1 Å². The van der Waals surface area contributed by atoms with Crippen molar-refractivity contribution in [2.45, 2.75) is 65.6 Å². The highest BCUT2D eigenvalue weighted by Crippen LogP contribution is 2.23. The summed E-state index contributed by atoms with van der Waals surface area (Å²) in [6.07, 6.45) is 1.48. The molecule has 0 radical (unpaired) electrons. The fraction of sp³-hybridized carbons (Fsp3) is 0.481.